The molecule has 2 aromatic heterocycles. The Morgan fingerprint density at radius 2 is 2.11 bits per heavy atom. The Kier molecular flexibility index (Phi) is 5.19. The van der Waals surface area contributed by atoms with Crippen LogP contribution in [0.1, 0.15) is 57.7 Å². The quantitative estimate of drug-likeness (QED) is 0.814. The standard InChI is InChI=1S/C23H30N4O/c1-16-7-6-11-23(2,3)18(16)10-14-27-13-9-17-20(15-27)25-21(26-22(17)28)19-8-4-5-12-24-19/h4-5,8,12H,6-7,9-11,13-15H2,1-3H3,(H,25,26,28). The number of allylic oxidation sites excluding steroid dienone is 1. The molecule has 0 fully saturated rings. The van der Waals surface area contributed by atoms with Gasteiger partial charge in [0.15, 0.2) is 5.82 Å². The van der Waals surface area contributed by atoms with Gasteiger partial charge in [-0.05, 0) is 56.6 Å². The van der Waals surface area contributed by atoms with Gasteiger partial charge in [0.05, 0.1) is 5.69 Å². The predicted octanol–water partition coefficient (Wildman–Crippen LogP) is 4.11. The second-order valence-corrected chi connectivity index (χ2v) is 8.83. The van der Waals surface area contributed by atoms with Gasteiger partial charge in [0.25, 0.3) is 5.56 Å². The molecule has 28 heavy (non-hydrogen) atoms. The largest absolute Gasteiger partial charge is 0.305 e. The summed E-state index contributed by atoms with van der Waals surface area (Å²) in [6.45, 7) is 9.78. The van der Waals surface area contributed by atoms with Crippen LogP contribution in [0.25, 0.3) is 11.5 Å². The lowest BCUT2D eigenvalue weighted by Crippen LogP contribution is -2.36. The lowest BCUT2D eigenvalue weighted by molar-refractivity contribution is 0.241. The van der Waals surface area contributed by atoms with Crippen LogP contribution in [0.5, 0.6) is 0 Å². The molecule has 148 valence electrons. The summed E-state index contributed by atoms with van der Waals surface area (Å²) in [5.41, 5.74) is 5.98. The highest BCUT2D eigenvalue weighted by molar-refractivity contribution is 5.49. The molecular formula is C23H30N4O. The number of pyridine rings is 1. The summed E-state index contributed by atoms with van der Waals surface area (Å²) >= 11 is 0. The number of fused-ring (bicyclic) bond motifs is 1. The molecule has 0 radical (unpaired) electrons. The second-order valence-electron chi connectivity index (χ2n) is 8.83. The monoisotopic (exact) mass is 378 g/mol. The minimum absolute atomic E-state index is 0.0164. The van der Waals surface area contributed by atoms with Crippen LogP contribution in [0.2, 0.25) is 0 Å². The summed E-state index contributed by atoms with van der Waals surface area (Å²) < 4.78 is 0. The molecule has 1 N–H and O–H groups in total. The number of aromatic nitrogens is 3. The molecule has 2 aromatic rings. The Labute approximate surface area is 166 Å². The molecule has 1 aliphatic heterocycles. The van der Waals surface area contributed by atoms with E-state index in [0.29, 0.717) is 16.9 Å². The Morgan fingerprint density at radius 1 is 1.25 bits per heavy atom. The predicted molar refractivity (Wildman–Crippen MR) is 112 cm³/mol. The maximum atomic E-state index is 12.5. The number of nitrogens with one attached hydrogen (secondary N) is 1. The van der Waals surface area contributed by atoms with Gasteiger partial charge < -0.3 is 4.98 Å². The summed E-state index contributed by atoms with van der Waals surface area (Å²) in [4.78, 5) is 27.0. The fraction of sp³-hybridized carbons (Fsp3) is 0.522. The van der Waals surface area contributed by atoms with Crippen molar-refractivity contribution in [1.82, 2.24) is 19.9 Å². The third-order valence-electron chi connectivity index (χ3n) is 6.42. The van der Waals surface area contributed by atoms with Gasteiger partial charge in [-0.1, -0.05) is 31.1 Å². The number of hydrogen-bond acceptors (Lipinski definition) is 4. The summed E-state index contributed by atoms with van der Waals surface area (Å²) in [6, 6.07) is 5.66. The molecule has 0 saturated heterocycles. The number of H-pyrrole nitrogens is 1. The lowest BCUT2D eigenvalue weighted by atomic mass is 9.71. The van der Waals surface area contributed by atoms with Gasteiger partial charge in [-0.25, -0.2) is 4.98 Å². The summed E-state index contributed by atoms with van der Waals surface area (Å²) in [6.07, 6.45) is 7.44. The van der Waals surface area contributed by atoms with E-state index in [4.69, 9.17) is 4.98 Å². The van der Waals surface area contributed by atoms with E-state index >= 15 is 0 Å². The van der Waals surface area contributed by atoms with Crippen molar-refractivity contribution in [3.05, 3.63) is 57.2 Å². The maximum absolute atomic E-state index is 12.5. The van der Waals surface area contributed by atoms with Gasteiger partial charge in [-0.2, -0.15) is 0 Å². The third kappa shape index (κ3) is 3.81. The average molecular weight is 379 g/mol. The minimum Gasteiger partial charge on any atom is -0.305 e. The van der Waals surface area contributed by atoms with Crippen molar-refractivity contribution in [2.75, 3.05) is 13.1 Å². The molecular weight excluding hydrogens is 348 g/mol. The smallest absolute Gasteiger partial charge is 0.254 e. The minimum atomic E-state index is -0.0164. The van der Waals surface area contributed by atoms with Gasteiger partial charge in [-0.3, -0.25) is 14.7 Å². The van der Waals surface area contributed by atoms with Crippen LogP contribution in [-0.2, 0) is 13.0 Å². The van der Waals surface area contributed by atoms with Crippen LogP contribution in [0.4, 0.5) is 0 Å². The van der Waals surface area contributed by atoms with E-state index in [1.165, 1.54) is 19.3 Å². The van der Waals surface area contributed by atoms with Gasteiger partial charge in [-0.15, -0.1) is 0 Å². The molecule has 0 aromatic carbocycles. The molecule has 0 saturated carbocycles. The van der Waals surface area contributed by atoms with Crippen molar-refractivity contribution >= 4 is 0 Å². The van der Waals surface area contributed by atoms with Crippen molar-refractivity contribution in [2.45, 2.75) is 59.4 Å². The van der Waals surface area contributed by atoms with Gasteiger partial charge >= 0.3 is 0 Å². The van der Waals surface area contributed by atoms with Crippen LogP contribution in [0.15, 0.2) is 40.3 Å². The maximum Gasteiger partial charge on any atom is 0.254 e. The van der Waals surface area contributed by atoms with Gasteiger partial charge in [0.1, 0.15) is 5.69 Å². The Hall–Kier alpha value is -2.27. The molecule has 5 nitrogen and oxygen atoms in total. The van der Waals surface area contributed by atoms with Crippen LogP contribution < -0.4 is 5.56 Å². The molecule has 1 aliphatic carbocycles. The molecule has 4 rings (SSSR count). The van der Waals surface area contributed by atoms with Crippen molar-refractivity contribution in [2.24, 2.45) is 5.41 Å². The fourth-order valence-corrected chi connectivity index (χ4v) is 4.81. The van der Waals surface area contributed by atoms with E-state index < -0.39 is 0 Å². The van der Waals surface area contributed by atoms with E-state index in [-0.39, 0.29) is 5.56 Å². The van der Waals surface area contributed by atoms with Crippen LogP contribution in [0, 0.1) is 5.41 Å². The molecule has 0 spiro atoms. The zero-order valence-electron chi connectivity index (χ0n) is 17.2. The average Bonchev–Trinajstić information content (AvgIpc) is 2.67. The summed E-state index contributed by atoms with van der Waals surface area (Å²) in [7, 11) is 0. The SMILES string of the molecule is CC1=C(CCN2CCc3c(nc(-c4ccccn4)[nH]c3=O)C2)C(C)(C)CCC1. The number of nitrogens with zero attached hydrogens (tertiary/aromatic N) is 3. The highest BCUT2D eigenvalue weighted by Crippen LogP contribution is 2.41. The van der Waals surface area contributed by atoms with E-state index in [1.54, 1.807) is 17.3 Å². The zero-order valence-corrected chi connectivity index (χ0v) is 17.2. The Balaban J connectivity index is 1.52. The van der Waals surface area contributed by atoms with Crippen molar-refractivity contribution in [1.29, 1.82) is 0 Å². The van der Waals surface area contributed by atoms with Crippen molar-refractivity contribution in [3.63, 3.8) is 0 Å². The Morgan fingerprint density at radius 3 is 2.86 bits per heavy atom. The Bertz CT molecular complexity index is 943. The topological polar surface area (TPSA) is 61.9 Å². The van der Waals surface area contributed by atoms with Gasteiger partial charge in [0, 0.05) is 31.4 Å². The van der Waals surface area contributed by atoms with E-state index in [0.717, 1.165) is 43.7 Å². The number of hydrogen-bond donors (Lipinski definition) is 1. The molecule has 0 amide bonds. The van der Waals surface area contributed by atoms with E-state index in [1.807, 2.05) is 18.2 Å². The normalized spacial score (nSPS) is 19.5. The molecule has 0 bridgehead atoms. The third-order valence-corrected chi connectivity index (χ3v) is 6.42. The number of rotatable bonds is 4. The highest BCUT2D eigenvalue weighted by atomic mass is 16.1. The van der Waals surface area contributed by atoms with E-state index in [9.17, 15) is 4.79 Å². The highest BCUT2D eigenvalue weighted by Gasteiger charge is 2.29. The molecule has 5 heteroatoms. The first-order chi connectivity index (χ1) is 13.4. The first kappa shape index (κ1) is 19.1. The molecule has 3 heterocycles. The van der Waals surface area contributed by atoms with Crippen molar-refractivity contribution in [3.8, 4) is 11.5 Å². The summed E-state index contributed by atoms with van der Waals surface area (Å²) in [5.74, 6) is 0.568. The molecule has 0 atom stereocenters. The summed E-state index contributed by atoms with van der Waals surface area (Å²) in [5, 5.41) is 0. The van der Waals surface area contributed by atoms with Crippen LogP contribution in [0.3, 0.4) is 0 Å². The second kappa shape index (κ2) is 7.63. The fourth-order valence-electron chi connectivity index (χ4n) is 4.81. The van der Waals surface area contributed by atoms with Crippen LogP contribution in [-0.4, -0.2) is 32.9 Å². The molecule has 0 unspecified atom stereocenters. The van der Waals surface area contributed by atoms with Crippen molar-refractivity contribution < 1.29 is 0 Å². The van der Waals surface area contributed by atoms with Crippen LogP contribution >= 0.6 is 0 Å². The number of aromatic amines is 1. The van der Waals surface area contributed by atoms with Gasteiger partial charge in [0.2, 0.25) is 0 Å². The molecule has 2 aliphatic rings. The lowest BCUT2D eigenvalue weighted by Gasteiger charge is -2.36. The zero-order chi connectivity index (χ0) is 19.7. The first-order valence-electron chi connectivity index (χ1n) is 10.4. The first-order valence-corrected chi connectivity index (χ1v) is 10.4. The van der Waals surface area contributed by atoms with E-state index in [2.05, 4.69) is 35.6 Å².